The van der Waals surface area contributed by atoms with Crippen LogP contribution in [0, 0.1) is 11.3 Å². The Morgan fingerprint density at radius 2 is 1.88 bits per heavy atom. The van der Waals surface area contributed by atoms with Crippen LogP contribution in [0.1, 0.15) is 54.9 Å². The second kappa shape index (κ2) is 8.19. The maximum absolute atomic E-state index is 12.3. The smallest absolute Gasteiger partial charge is 0.410 e. The Bertz CT molecular complexity index is 437. The highest BCUT2D eigenvalue weighted by Gasteiger charge is 2.29. The van der Waals surface area contributed by atoms with Crippen LogP contribution in [-0.2, 0) is 14.3 Å². The summed E-state index contributed by atoms with van der Waals surface area (Å²) in [6.45, 7) is 15.6. The highest BCUT2D eigenvalue weighted by Crippen LogP contribution is 2.25. The van der Waals surface area contributed by atoms with E-state index in [9.17, 15) is 9.59 Å². The zero-order valence-electron chi connectivity index (χ0n) is 16.3. The molecule has 140 valence electrons. The summed E-state index contributed by atoms with van der Waals surface area (Å²) >= 11 is 0. The van der Waals surface area contributed by atoms with E-state index in [0.717, 1.165) is 6.42 Å². The maximum atomic E-state index is 12.3. The molecule has 1 fully saturated rings. The first kappa shape index (κ1) is 20.7. The van der Waals surface area contributed by atoms with Gasteiger partial charge in [-0.25, -0.2) is 4.79 Å². The van der Waals surface area contributed by atoms with Crippen LogP contribution in [0.25, 0.3) is 0 Å². The number of nitrogens with zero attached hydrogens (tertiary/aromatic N) is 1. The Morgan fingerprint density at radius 3 is 2.42 bits per heavy atom. The van der Waals surface area contributed by atoms with Crippen molar-refractivity contribution >= 4 is 12.0 Å². The van der Waals surface area contributed by atoms with Crippen LogP contribution in [0.3, 0.4) is 0 Å². The van der Waals surface area contributed by atoms with Gasteiger partial charge in [-0.3, -0.25) is 4.79 Å². The van der Waals surface area contributed by atoms with E-state index < -0.39 is 5.60 Å². The number of rotatable bonds is 3. The Labute approximate surface area is 146 Å². The second-order valence-electron chi connectivity index (χ2n) is 8.61. The van der Waals surface area contributed by atoms with Crippen LogP contribution in [0.2, 0.25) is 0 Å². The van der Waals surface area contributed by atoms with Crippen LogP contribution in [0.4, 0.5) is 4.79 Å². The molecule has 0 saturated carbocycles. The summed E-state index contributed by atoms with van der Waals surface area (Å²) in [5, 5.41) is 2.95. The Hall–Kier alpha value is -1.30. The molecule has 1 N–H and O–H groups in total. The number of nitrogens with one attached hydrogen (secondary N) is 1. The molecule has 1 aliphatic rings. The van der Waals surface area contributed by atoms with Crippen LogP contribution in [0.5, 0.6) is 0 Å². The molecule has 24 heavy (non-hydrogen) atoms. The average Bonchev–Trinajstić information content (AvgIpc) is 2.66. The molecule has 0 unspecified atom stereocenters. The van der Waals surface area contributed by atoms with Gasteiger partial charge >= 0.3 is 6.09 Å². The first-order valence-corrected chi connectivity index (χ1v) is 8.77. The summed E-state index contributed by atoms with van der Waals surface area (Å²) < 4.78 is 11.2. The molecular formula is C18H34N2O4. The molecule has 1 heterocycles. The molecule has 1 saturated heterocycles. The first-order chi connectivity index (χ1) is 10.9. The molecule has 0 aromatic heterocycles. The minimum atomic E-state index is -0.518. The predicted octanol–water partition coefficient (Wildman–Crippen LogP) is 2.81. The molecule has 0 aromatic carbocycles. The van der Waals surface area contributed by atoms with Gasteiger partial charge in [-0.1, -0.05) is 27.7 Å². The van der Waals surface area contributed by atoms with Gasteiger partial charge in [0.05, 0.1) is 12.6 Å². The van der Waals surface area contributed by atoms with Crippen LogP contribution in [0.15, 0.2) is 0 Å². The lowest BCUT2D eigenvalue weighted by Gasteiger charge is -2.29. The zero-order valence-corrected chi connectivity index (χ0v) is 16.3. The molecule has 2 amide bonds. The van der Waals surface area contributed by atoms with Gasteiger partial charge in [0.1, 0.15) is 5.60 Å². The lowest BCUT2D eigenvalue weighted by molar-refractivity contribution is -0.128. The third-order valence-corrected chi connectivity index (χ3v) is 4.20. The van der Waals surface area contributed by atoms with Gasteiger partial charge in [0.15, 0.2) is 0 Å². The van der Waals surface area contributed by atoms with Crippen molar-refractivity contribution in [3.8, 4) is 0 Å². The quantitative estimate of drug-likeness (QED) is 0.856. The van der Waals surface area contributed by atoms with Crippen molar-refractivity contribution in [1.29, 1.82) is 0 Å². The minimum absolute atomic E-state index is 0.0131. The molecule has 1 rings (SSSR count). The Kier molecular flexibility index (Phi) is 7.08. The highest BCUT2D eigenvalue weighted by atomic mass is 16.6. The Morgan fingerprint density at radius 1 is 1.25 bits per heavy atom. The van der Waals surface area contributed by atoms with Crippen molar-refractivity contribution in [2.24, 2.45) is 11.3 Å². The molecular weight excluding hydrogens is 308 g/mol. The van der Waals surface area contributed by atoms with E-state index in [2.05, 4.69) is 5.32 Å². The summed E-state index contributed by atoms with van der Waals surface area (Å²) in [6.07, 6.45) is 0.228. The van der Waals surface area contributed by atoms with Crippen LogP contribution < -0.4 is 5.32 Å². The fourth-order valence-corrected chi connectivity index (χ4v) is 2.27. The number of amides is 2. The third kappa shape index (κ3) is 7.07. The normalized spacial score (nSPS) is 21.0. The second-order valence-corrected chi connectivity index (χ2v) is 8.61. The topological polar surface area (TPSA) is 67.9 Å². The van der Waals surface area contributed by atoms with E-state index in [1.54, 1.807) is 4.90 Å². The summed E-state index contributed by atoms with van der Waals surface area (Å²) in [5.41, 5.74) is -0.604. The van der Waals surface area contributed by atoms with Crippen molar-refractivity contribution < 1.29 is 19.1 Å². The molecule has 0 aromatic rings. The van der Waals surface area contributed by atoms with E-state index in [0.29, 0.717) is 26.2 Å². The van der Waals surface area contributed by atoms with Crippen molar-refractivity contribution in [3.05, 3.63) is 0 Å². The number of ether oxygens (including phenoxy) is 2. The highest BCUT2D eigenvalue weighted by molar-refractivity contribution is 5.79. The van der Waals surface area contributed by atoms with Crippen LogP contribution >= 0.6 is 0 Å². The molecule has 0 spiro atoms. The number of carbonyl (C=O) groups excluding carboxylic acids is 2. The fourth-order valence-electron chi connectivity index (χ4n) is 2.27. The van der Waals surface area contributed by atoms with Crippen molar-refractivity contribution in [2.75, 3.05) is 26.2 Å². The SMILES string of the molecule is C[C@H](C(=O)NC[C@@H]1CN(C(=O)OC(C)(C)C)CCCO1)C(C)(C)C. The molecule has 0 aliphatic carbocycles. The molecule has 0 bridgehead atoms. The molecule has 2 atom stereocenters. The van der Waals surface area contributed by atoms with Gasteiger partial charge in [-0.05, 0) is 32.6 Å². The van der Waals surface area contributed by atoms with E-state index >= 15 is 0 Å². The minimum Gasteiger partial charge on any atom is -0.444 e. The maximum Gasteiger partial charge on any atom is 0.410 e. The number of carbonyl (C=O) groups is 2. The number of hydrogen-bond acceptors (Lipinski definition) is 4. The summed E-state index contributed by atoms with van der Waals surface area (Å²) in [4.78, 5) is 26.2. The number of hydrogen-bond donors (Lipinski definition) is 1. The van der Waals surface area contributed by atoms with Gasteiger partial charge in [0, 0.05) is 25.6 Å². The van der Waals surface area contributed by atoms with Gasteiger partial charge < -0.3 is 19.7 Å². The van der Waals surface area contributed by atoms with E-state index in [1.807, 2.05) is 48.5 Å². The summed E-state index contributed by atoms with van der Waals surface area (Å²) in [5.74, 6) is -0.0793. The van der Waals surface area contributed by atoms with E-state index in [4.69, 9.17) is 9.47 Å². The largest absolute Gasteiger partial charge is 0.444 e. The lowest BCUT2D eigenvalue weighted by atomic mass is 9.81. The molecule has 6 heteroatoms. The molecule has 0 radical (unpaired) electrons. The Balaban J connectivity index is 2.56. The third-order valence-electron chi connectivity index (χ3n) is 4.20. The first-order valence-electron chi connectivity index (χ1n) is 8.77. The lowest BCUT2D eigenvalue weighted by Crippen LogP contribution is -2.45. The van der Waals surface area contributed by atoms with Gasteiger partial charge in [0.25, 0.3) is 0 Å². The fraction of sp³-hybridized carbons (Fsp3) is 0.889. The van der Waals surface area contributed by atoms with Crippen molar-refractivity contribution in [1.82, 2.24) is 10.2 Å². The van der Waals surface area contributed by atoms with Crippen LogP contribution in [-0.4, -0.2) is 54.8 Å². The summed E-state index contributed by atoms with van der Waals surface area (Å²) in [7, 11) is 0. The average molecular weight is 342 g/mol. The molecule has 1 aliphatic heterocycles. The van der Waals surface area contributed by atoms with Crippen molar-refractivity contribution in [2.45, 2.75) is 66.6 Å². The van der Waals surface area contributed by atoms with Gasteiger partial charge in [0.2, 0.25) is 5.91 Å². The van der Waals surface area contributed by atoms with E-state index in [1.165, 1.54) is 0 Å². The van der Waals surface area contributed by atoms with Gasteiger partial charge in [-0.15, -0.1) is 0 Å². The van der Waals surface area contributed by atoms with E-state index in [-0.39, 0.29) is 29.4 Å². The van der Waals surface area contributed by atoms with Gasteiger partial charge in [-0.2, -0.15) is 0 Å². The zero-order chi connectivity index (χ0) is 18.5. The standard InChI is InChI=1S/C18H34N2O4/c1-13(17(2,3)4)15(21)19-11-14-12-20(9-8-10-23-14)16(22)24-18(5,6)7/h13-14H,8-12H2,1-7H3,(H,19,21)/t13-,14-/m1/s1. The van der Waals surface area contributed by atoms with Crippen molar-refractivity contribution in [3.63, 3.8) is 0 Å². The molecule has 6 nitrogen and oxygen atoms in total. The summed E-state index contributed by atoms with van der Waals surface area (Å²) in [6, 6.07) is 0. The predicted molar refractivity (Wildman–Crippen MR) is 93.8 cm³/mol. The monoisotopic (exact) mass is 342 g/mol.